The molecule has 0 atom stereocenters. The van der Waals surface area contributed by atoms with Crippen molar-refractivity contribution in [3.05, 3.63) is 36.3 Å². The third-order valence-corrected chi connectivity index (χ3v) is 1.95. The summed E-state index contributed by atoms with van der Waals surface area (Å²) in [4.78, 5) is 18.7. The smallest absolute Gasteiger partial charge is 0.252 e. The highest BCUT2D eigenvalue weighted by molar-refractivity contribution is 6.67. The average Bonchev–Trinajstić information content (AvgIpc) is 2.17. The third kappa shape index (κ3) is 1.51. The number of benzene rings is 1. The van der Waals surface area contributed by atoms with Crippen LogP contribution in [0.5, 0.6) is 0 Å². The van der Waals surface area contributed by atoms with Gasteiger partial charge in [-0.1, -0.05) is 6.07 Å². The van der Waals surface area contributed by atoms with E-state index in [2.05, 4.69) is 9.97 Å². The number of nitrogens with zero attached hydrogens (tertiary/aromatic N) is 2. The molecule has 64 valence electrons. The second kappa shape index (κ2) is 3.11. The van der Waals surface area contributed by atoms with Gasteiger partial charge in [-0.15, -0.1) is 0 Å². The van der Waals surface area contributed by atoms with Crippen LogP contribution in [0.25, 0.3) is 10.9 Å². The molecule has 2 rings (SSSR count). The minimum Gasteiger partial charge on any atom is -0.276 e. The average molecular weight is 193 g/mol. The summed E-state index contributed by atoms with van der Waals surface area (Å²) in [6, 6.07) is 5.07. The van der Waals surface area contributed by atoms with Crippen LogP contribution in [-0.4, -0.2) is 15.2 Å². The quantitative estimate of drug-likeness (QED) is 0.650. The van der Waals surface area contributed by atoms with Crippen LogP contribution < -0.4 is 0 Å². The Morgan fingerprint density at radius 1 is 1.38 bits per heavy atom. The van der Waals surface area contributed by atoms with E-state index in [0.717, 1.165) is 10.9 Å². The molecule has 0 saturated carbocycles. The molecule has 0 spiro atoms. The molecule has 0 fully saturated rings. The third-order valence-electron chi connectivity index (χ3n) is 1.73. The van der Waals surface area contributed by atoms with E-state index in [1.165, 1.54) is 6.33 Å². The first-order valence-electron chi connectivity index (χ1n) is 3.67. The van der Waals surface area contributed by atoms with E-state index in [1.54, 1.807) is 24.4 Å². The highest BCUT2D eigenvalue weighted by Gasteiger charge is 2.02. The zero-order chi connectivity index (χ0) is 9.26. The minimum absolute atomic E-state index is 0.452. The molecule has 0 N–H and O–H groups in total. The molecular weight excluding hydrogens is 188 g/mol. The zero-order valence-corrected chi connectivity index (χ0v) is 7.32. The van der Waals surface area contributed by atoms with E-state index in [9.17, 15) is 4.79 Å². The topological polar surface area (TPSA) is 42.9 Å². The van der Waals surface area contributed by atoms with E-state index in [0.29, 0.717) is 5.56 Å². The largest absolute Gasteiger partial charge is 0.276 e. The molecule has 0 unspecified atom stereocenters. The lowest BCUT2D eigenvalue weighted by molar-refractivity contribution is 0.108. The fraction of sp³-hybridized carbons (Fsp3) is 0. The van der Waals surface area contributed by atoms with Crippen molar-refractivity contribution in [2.75, 3.05) is 0 Å². The second-order valence-electron chi connectivity index (χ2n) is 2.57. The monoisotopic (exact) mass is 192 g/mol. The van der Waals surface area contributed by atoms with E-state index < -0.39 is 5.24 Å². The van der Waals surface area contributed by atoms with E-state index >= 15 is 0 Å². The molecule has 0 saturated heterocycles. The number of hydrogen-bond donors (Lipinski definition) is 0. The second-order valence-corrected chi connectivity index (χ2v) is 2.91. The van der Waals surface area contributed by atoms with E-state index in [1.807, 2.05) is 0 Å². The maximum Gasteiger partial charge on any atom is 0.252 e. The van der Waals surface area contributed by atoms with Crippen LogP contribution in [0.2, 0.25) is 0 Å². The first kappa shape index (κ1) is 8.13. The van der Waals surface area contributed by atoms with Crippen molar-refractivity contribution in [2.24, 2.45) is 0 Å². The molecule has 0 amide bonds. The van der Waals surface area contributed by atoms with E-state index in [4.69, 9.17) is 11.6 Å². The summed E-state index contributed by atoms with van der Waals surface area (Å²) in [6.45, 7) is 0. The van der Waals surface area contributed by atoms with Gasteiger partial charge in [0, 0.05) is 17.1 Å². The molecule has 13 heavy (non-hydrogen) atoms. The van der Waals surface area contributed by atoms with Gasteiger partial charge in [-0.05, 0) is 23.7 Å². The van der Waals surface area contributed by atoms with Crippen molar-refractivity contribution >= 4 is 27.7 Å². The van der Waals surface area contributed by atoms with Crippen LogP contribution >= 0.6 is 11.6 Å². The van der Waals surface area contributed by atoms with Crippen molar-refractivity contribution in [3.8, 4) is 0 Å². The SMILES string of the molecule is O=C(Cl)c1ccc2cncnc2c1. The number of hydrogen-bond acceptors (Lipinski definition) is 3. The Labute approximate surface area is 79.4 Å². The van der Waals surface area contributed by atoms with Crippen molar-refractivity contribution in [1.29, 1.82) is 0 Å². The van der Waals surface area contributed by atoms with Crippen LogP contribution in [0.3, 0.4) is 0 Å². The van der Waals surface area contributed by atoms with Crippen LogP contribution in [0.4, 0.5) is 0 Å². The van der Waals surface area contributed by atoms with Gasteiger partial charge in [0.15, 0.2) is 0 Å². The van der Waals surface area contributed by atoms with E-state index in [-0.39, 0.29) is 0 Å². The molecule has 0 bridgehead atoms. The zero-order valence-electron chi connectivity index (χ0n) is 6.57. The van der Waals surface area contributed by atoms with Crippen LogP contribution in [0.15, 0.2) is 30.7 Å². The maximum absolute atomic E-state index is 10.8. The lowest BCUT2D eigenvalue weighted by atomic mass is 10.2. The number of carbonyl (C=O) groups is 1. The van der Waals surface area contributed by atoms with Gasteiger partial charge in [0.1, 0.15) is 6.33 Å². The Morgan fingerprint density at radius 2 is 2.23 bits per heavy atom. The lowest BCUT2D eigenvalue weighted by Crippen LogP contribution is -1.89. The Kier molecular flexibility index (Phi) is 1.94. The lowest BCUT2D eigenvalue weighted by Gasteiger charge is -1.96. The summed E-state index contributed by atoms with van der Waals surface area (Å²) in [5.74, 6) is 0. The van der Waals surface area contributed by atoms with Crippen LogP contribution in [0.1, 0.15) is 10.4 Å². The summed E-state index contributed by atoms with van der Waals surface area (Å²) in [7, 11) is 0. The number of rotatable bonds is 1. The minimum atomic E-state index is -0.472. The predicted molar refractivity (Wildman–Crippen MR) is 49.7 cm³/mol. The first-order chi connectivity index (χ1) is 6.27. The fourth-order valence-electron chi connectivity index (χ4n) is 1.10. The van der Waals surface area contributed by atoms with Gasteiger partial charge in [0.2, 0.25) is 0 Å². The summed E-state index contributed by atoms with van der Waals surface area (Å²) < 4.78 is 0. The molecule has 1 aromatic heterocycles. The molecule has 0 aliphatic carbocycles. The molecule has 2 aromatic rings. The van der Waals surface area contributed by atoms with Gasteiger partial charge < -0.3 is 0 Å². The summed E-state index contributed by atoms with van der Waals surface area (Å²) in [5.41, 5.74) is 1.18. The molecule has 3 nitrogen and oxygen atoms in total. The number of halogens is 1. The number of aromatic nitrogens is 2. The maximum atomic E-state index is 10.8. The summed E-state index contributed by atoms with van der Waals surface area (Å²) in [5, 5.41) is 0.421. The number of fused-ring (bicyclic) bond motifs is 1. The highest BCUT2D eigenvalue weighted by atomic mass is 35.5. The molecule has 1 aromatic carbocycles. The van der Waals surface area contributed by atoms with Gasteiger partial charge >= 0.3 is 0 Å². The molecule has 4 heteroatoms. The first-order valence-corrected chi connectivity index (χ1v) is 4.05. The predicted octanol–water partition coefficient (Wildman–Crippen LogP) is 2.01. The van der Waals surface area contributed by atoms with Gasteiger partial charge in [0.25, 0.3) is 5.24 Å². The van der Waals surface area contributed by atoms with Gasteiger partial charge in [-0.2, -0.15) is 0 Å². The van der Waals surface area contributed by atoms with Crippen molar-refractivity contribution < 1.29 is 4.79 Å². The van der Waals surface area contributed by atoms with Crippen LogP contribution in [-0.2, 0) is 0 Å². The van der Waals surface area contributed by atoms with Gasteiger partial charge in [-0.25, -0.2) is 9.97 Å². The summed E-state index contributed by atoms with van der Waals surface area (Å²) >= 11 is 5.32. The number of carbonyl (C=O) groups excluding carboxylic acids is 1. The van der Waals surface area contributed by atoms with Gasteiger partial charge in [-0.3, -0.25) is 4.79 Å². The highest BCUT2D eigenvalue weighted by Crippen LogP contribution is 2.13. The Hall–Kier alpha value is -1.48. The molecule has 0 aliphatic heterocycles. The van der Waals surface area contributed by atoms with Crippen molar-refractivity contribution in [3.63, 3.8) is 0 Å². The standard InChI is InChI=1S/C9H5ClN2O/c10-9(13)6-1-2-7-4-11-5-12-8(7)3-6/h1-5H. The van der Waals surface area contributed by atoms with Crippen molar-refractivity contribution in [1.82, 2.24) is 9.97 Å². The Balaban J connectivity index is 2.69. The molecule has 1 heterocycles. The molecule has 0 radical (unpaired) electrons. The molecular formula is C9H5ClN2O. The summed E-state index contributed by atoms with van der Waals surface area (Å²) in [6.07, 6.45) is 3.12. The van der Waals surface area contributed by atoms with Crippen LogP contribution in [0, 0.1) is 0 Å². The fourth-order valence-corrected chi connectivity index (χ4v) is 1.21. The normalized spacial score (nSPS) is 10.2. The molecule has 0 aliphatic rings. The van der Waals surface area contributed by atoms with Crippen molar-refractivity contribution in [2.45, 2.75) is 0 Å². The Bertz CT molecular complexity index is 470. The van der Waals surface area contributed by atoms with Gasteiger partial charge in [0.05, 0.1) is 5.52 Å². The Morgan fingerprint density at radius 3 is 3.00 bits per heavy atom.